The van der Waals surface area contributed by atoms with Crippen LogP contribution < -0.4 is 5.73 Å². The summed E-state index contributed by atoms with van der Waals surface area (Å²) in [6.07, 6.45) is 1.65. The average molecular weight is 169 g/mol. The van der Waals surface area contributed by atoms with Crippen molar-refractivity contribution in [2.24, 2.45) is 5.73 Å². The number of rotatable bonds is 3. The molecule has 1 aromatic rings. The molecular weight excluding hydrogens is 154 g/mol. The number of nitrogens with zero attached hydrogens (tertiary/aromatic N) is 1. The molecule has 0 saturated heterocycles. The molecule has 0 saturated carbocycles. The molecule has 0 aliphatic carbocycles. The highest BCUT2D eigenvalue weighted by molar-refractivity contribution is 5.17. The Morgan fingerprint density at radius 3 is 2.75 bits per heavy atom. The second kappa shape index (κ2) is 3.25. The van der Waals surface area contributed by atoms with Gasteiger partial charge in [0.15, 0.2) is 0 Å². The molecule has 3 N–H and O–H groups in total. The van der Waals surface area contributed by atoms with Gasteiger partial charge in [0, 0.05) is 19.3 Å². The van der Waals surface area contributed by atoms with Crippen LogP contribution in [-0.2, 0) is 10.3 Å². The van der Waals surface area contributed by atoms with E-state index in [9.17, 15) is 0 Å². The summed E-state index contributed by atoms with van der Waals surface area (Å²) in [5.74, 6) is 0. The van der Waals surface area contributed by atoms with E-state index in [-0.39, 0.29) is 0 Å². The van der Waals surface area contributed by atoms with Gasteiger partial charge in [-0.15, -0.1) is 0 Å². The number of hydrogen-bond donors (Lipinski definition) is 2. The van der Waals surface area contributed by atoms with Crippen molar-refractivity contribution in [2.45, 2.75) is 19.4 Å². The Hall–Kier alpha value is -0.870. The average Bonchev–Trinajstić information content (AvgIpc) is 2.51. The lowest BCUT2D eigenvalue weighted by Crippen LogP contribution is -2.34. The van der Waals surface area contributed by atoms with Crippen LogP contribution in [0.3, 0.4) is 0 Å². The van der Waals surface area contributed by atoms with E-state index in [1.165, 1.54) is 0 Å². The maximum absolute atomic E-state index is 5.60. The van der Waals surface area contributed by atoms with Crippen LogP contribution in [0.5, 0.6) is 0 Å². The molecule has 1 atom stereocenters. The van der Waals surface area contributed by atoms with Crippen molar-refractivity contribution in [3.8, 4) is 0 Å². The number of aromatic amines is 1. The standard InChI is InChI=1S/C8H15N3O/c1-6-7(11-5-10-6)8(2,4-9)12-3/h5H,4,9H2,1-3H3,(H,10,11). The van der Waals surface area contributed by atoms with Crippen LogP contribution in [0.1, 0.15) is 18.3 Å². The molecule has 1 unspecified atom stereocenters. The monoisotopic (exact) mass is 169 g/mol. The molecular formula is C8H15N3O. The summed E-state index contributed by atoms with van der Waals surface area (Å²) in [5, 5.41) is 0. The predicted molar refractivity (Wildman–Crippen MR) is 46.7 cm³/mol. The molecule has 0 aliphatic rings. The van der Waals surface area contributed by atoms with Gasteiger partial charge in [-0.3, -0.25) is 0 Å². The van der Waals surface area contributed by atoms with Gasteiger partial charge < -0.3 is 15.5 Å². The quantitative estimate of drug-likeness (QED) is 0.694. The largest absolute Gasteiger partial charge is 0.371 e. The van der Waals surface area contributed by atoms with Crippen LogP contribution in [0.2, 0.25) is 0 Å². The second-order valence-electron chi connectivity index (χ2n) is 3.02. The Morgan fingerprint density at radius 2 is 2.42 bits per heavy atom. The smallest absolute Gasteiger partial charge is 0.121 e. The summed E-state index contributed by atoms with van der Waals surface area (Å²) >= 11 is 0. The van der Waals surface area contributed by atoms with Crippen LogP contribution in [0, 0.1) is 6.92 Å². The third kappa shape index (κ3) is 1.35. The first kappa shape index (κ1) is 9.22. The van der Waals surface area contributed by atoms with Gasteiger partial charge in [-0.25, -0.2) is 4.98 Å². The summed E-state index contributed by atoms with van der Waals surface area (Å²) in [6, 6.07) is 0. The van der Waals surface area contributed by atoms with Crippen molar-refractivity contribution in [1.29, 1.82) is 0 Å². The third-order valence-electron chi connectivity index (χ3n) is 2.17. The third-order valence-corrected chi connectivity index (χ3v) is 2.17. The van der Waals surface area contributed by atoms with E-state index in [0.717, 1.165) is 11.4 Å². The molecule has 0 fully saturated rings. The van der Waals surface area contributed by atoms with E-state index in [0.29, 0.717) is 6.54 Å². The Balaban J connectivity index is 3.02. The number of nitrogens with one attached hydrogen (secondary N) is 1. The first-order chi connectivity index (χ1) is 5.64. The van der Waals surface area contributed by atoms with E-state index in [1.807, 2.05) is 13.8 Å². The zero-order valence-electron chi connectivity index (χ0n) is 7.72. The molecule has 1 rings (SSSR count). The van der Waals surface area contributed by atoms with E-state index < -0.39 is 5.60 Å². The summed E-state index contributed by atoms with van der Waals surface area (Å²) in [5.41, 5.74) is 7.02. The molecule has 12 heavy (non-hydrogen) atoms. The summed E-state index contributed by atoms with van der Waals surface area (Å²) in [7, 11) is 1.64. The molecule has 0 radical (unpaired) electrons. The molecule has 4 nitrogen and oxygen atoms in total. The normalized spacial score (nSPS) is 16.0. The van der Waals surface area contributed by atoms with Gasteiger partial charge in [0.25, 0.3) is 0 Å². The lowest BCUT2D eigenvalue weighted by atomic mass is 10.0. The van der Waals surface area contributed by atoms with Gasteiger partial charge in [0.2, 0.25) is 0 Å². The Morgan fingerprint density at radius 1 is 1.75 bits per heavy atom. The van der Waals surface area contributed by atoms with Gasteiger partial charge in [-0.05, 0) is 13.8 Å². The zero-order valence-corrected chi connectivity index (χ0v) is 7.72. The van der Waals surface area contributed by atoms with Crippen LogP contribution in [0.25, 0.3) is 0 Å². The van der Waals surface area contributed by atoms with E-state index in [1.54, 1.807) is 13.4 Å². The molecule has 0 amide bonds. The zero-order chi connectivity index (χ0) is 9.19. The van der Waals surface area contributed by atoms with Crippen molar-refractivity contribution < 1.29 is 4.74 Å². The number of ether oxygens (including phenoxy) is 1. The highest BCUT2D eigenvalue weighted by Crippen LogP contribution is 2.22. The molecule has 0 aliphatic heterocycles. The van der Waals surface area contributed by atoms with E-state index >= 15 is 0 Å². The van der Waals surface area contributed by atoms with Gasteiger partial charge >= 0.3 is 0 Å². The Labute approximate surface area is 72.1 Å². The number of imidazole rings is 1. The molecule has 0 spiro atoms. The maximum atomic E-state index is 5.60. The fourth-order valence-corrected chi connectivity index (χ4v) is 1.17. The van der Waals surface area contributed by atoms with Crippen molar-refractivity contribution in [1.82, 2.24) is 9.97 Å². The number of aryl methyl sites for hydroxylation is 1. The van der Waals surface area contributed by atoms with Crippen molar-refractivity contribution >= 4 is 0 Å². The highest BCUT2D eigenvalue weighted by atomic mass is 16.5. The minimum absolute atomic E-state index is 0.426. The van der Waals surface area contributed by atoms with Gasteiger partial charge in [0.1, 0.15) is 5.60 Å². The number of aromatic nitrogens is 2. The maximum Gasteiger partial charge on any atom is 0.121 e. The summed E-state index contributed by atoms with van der Waals surface area (Å²) in [4.78, 5) is 7.17. The van der Waals surface area contributed by atoms with Gasteiger partial charge in [-0.1, -0.05) is 0 Å². The van der Waals surface area contributed by atoms with Crippen LogP contribution in [-0.4, -0.2) is 23.6 Å². The first-order valence-corrected chi connectivity index (χ1v) is 3.89. The van der Waals surface area contributed by atoms with E-state index in [2.05, 4.69) is 9.97 Å². The van der Waals surface area contributed by atoms with Crippen LogP contribution >= 0.6 is 0 Å². The lowest BCUT2D eigenvalue weighted by molar-refractivity contribution is 0.00620. The fraction of sp³-hybridized carbons (Fsp3) is 0.625. The molecule has 0 bridgehead atoms. The van der Waals surface area contributed by atoms with Crippen molar-refractivity contribution in [3.05, 3.63) is 17.7 Å². The van der Waals surface area contributed by atoms with Gasteiger partial charge in [0.05, 0.1) is 12.0 Å². The predicted octanol–water partition coefficient (Wildman–Crippen LogP) is 0.538. The van der Waals surface area contributed by atoms with Crippen molar-refractivity contribution in [3.63, 3.8) is 0 Å². The number of hydrogen-bond acceptors (Lipinski definition) is 3. The van der Waals surface area contributed by atoms with Crippen LogP contribution in [0.15, 0.2) is 6.33 Å². The molecule has 68 valence electrons. The molecule has 1 aromatic heterocycles. The number of methoxy groups -OCH3 is 1. The molecule has 4 heteroatoms. The topological polar surface area (TPSA) is 63.9 Å². The minimum atomic E-state index is -0.468. The second-order valence-corrected chi connectivity index (χ2v) is 3.02. The summed E-state index contributed by atoms with van der Waals surface area (Å²) in [6.45, 7) is 4.31. The van der Waals surface area contributed by atoms with Crippen LogP contribution in [0.4, 0.5) is 0 Å². The fourth-order valence-electron chi connectivity index (χ4n) is 1.17. The minimum Gasteiger partial charge on any atom is -0.371 e. The van der Waals surface area contributed by atoms with Gasteiger partial charge in [-0.2, -0.15) is 0 Å². The Bertz CT molecular complexity index is 253. The van der Waals surface area contributed by atoms with E-state index in [4.69, 9.17) is 10.5 Å². The number of H-pyrrole nitrogens is 1. The SMILES string of the molecule is COC(C)(CN)c1nc[nH]c1C. The first-order valence-electron chi connectivity index (χ1n) is 3.89. The lowest BCUT2D eigenvalue weighted by Gasteiger charge is -2.24. The Kier molecular flexibility index (Phi) is 2.49. The highest BCUT2D eigenvalue weighted by Gasteiger charge is 2.28. The molecule has 0 aromatic carbocycles. The molecule has 1 heterocycles. The van der Waals surface area contributed by atoms with Crippen molar-refractivity contribution in [2.75, 3.05) is 13.7 Å². The summed E-state index contributed by atoms with van der Waals surface area (Å²) < 4.78 is 5.30. The number of nitrogens with two attached hydrogens (primary N) is 1.